The molecule has 1 fully saturated rings. The van der Waals surface area contributed by atoms with Crippen LogP contribution in [0.5, 0.6) is 0 Å². The summed E-state index contributed by atoms with van der Waals surface area (Å²) >= 11 is 12.0. The summed E-state index contributed by atoms with van der Waals surface area (Å²) in [6.07, 6.45) is 2.24. The second-order valence-corrected chi connectivity index (χ2v) is 6.54. The Labute approximate surface area is 147 Å². The van der Waals surface area contributed by atoms with Crippen molar-refractivity contribution >= 4 is 35.1 Å². The molecule has 1 aliphatic rings. The Bertz CT molecular complexity index is 773. The van der Waals surface area contributed by atoms with Gasteiger partial charge in [0.05, 0.1) is 12.7 Å². The molecule has 126 valence electrons. The molecule has 0 radical (unpaired) electrons. The van der Waals surface area contributed by atoms with Crippen LogP contribution in [0.4, 0.5) is 0 Å². The standard InChI is InChI=1S/C15H14Cl2N4O3/c16-9-1-8(2-10(17)3-9)12-4-13(12)15(24)18-5-11-6-21(20-19-11)7-14(22)23/h1-3,6,12-13H,4-5,7H2,(H,18,24)(H,22,23). The minimum atomic E-state index is -1.00. The quantitative estimate of drug-likeness (QED) is 0.813. The molecule has 0 aliphatic heterocycles. The van der Waals surface area contributed by atoms with Crippen LogP contribution >= 0.6 is 23.2 Å². The fraction of sp³-hybridized carbons (Fsp3) is 0.333. The molecule has 7 nitrogen and oxygen atoms in total. The van der Waals surface area contributed by atoms with E-state index in [2.05, 4.69) is 15.6 Å². The number of carbonyl (C=O) groups excluding carboxylic acids is 1. The van der Waals surface area contributed by atoms with Crippen molar-refractivity contribution in [3.63, 3.8) is 0 Å². The number of rotatable bonds is 6. The first-order valence-electron chi connectivity index (χ1n) is 7.27. The van der Waals surface area contributed by atoms with Crippen molar-refractivity contribution in [1.29, 1.82) is 0 Å². The Kier molecular flexibility index (Phi) is 4.73. The van der Waals surface area contributed by atoms with Crippen molar-refractivity contribution in [1.82, 2.24) is 20.3 Å². The number of nitrogens with one attached hydrogen (secondary N) is 1. The molecule has 9 heteroatoms. The highest BCUT2D eigenvalue weighted by molar-refractivity contribution is 6.34. The van der Waals surface area contributed by atoms with Crippen LogP contribution in [0, 0.1) is 5.92 Å². The zero-order valence-electron chi connectivity index (χ0n) is 12.4. The Morgan fingerprint density at radius 1 is 1.29 bits per heavy atom. The van der Waals surface area contributed by atoms with Crippen LogP contribution in [-0.2, 0) is 22.7 Å². The average molecular weight is 369 g/mol. The maximum absolute atomic E-state index is 12.2. The summed E-state index contributed by atoms with van der Waals surface area (Å²) in [6, 6.07) is 5.30. The van der Waals surface area contributed by atoms with Gasteiger partial charge >= 0.3 is 5.97 Å². The number of amides is 1. The van der Waals surface area contributed by atoms with Crippen molar-refractivity contribution in [3.05, 3.63) is 45.7 Å². The van der Waals surface area contributed by atoms with E-state index in [1.54, 1.807) is 6.07 Å². The lowest BCUT2D eigenvalue weighted by Crippen LogP contribution is -2.25. The van der Waals surface area contributed by atoms with Gasteiger partial charge in [0.15, 0.2) is 0 Å². The summed E-state index contributed by atoms with van der Waals surface area (Å²) < 4.78 is 1.21. The van der Waals surface area contributed by atoms with E-state index in [0.717, 1.165) is 12.0 Å². The fourth-order valence-electron chi connectivity index (χ4n) is 2.59. The summed E-state index contributed by atoms with van der Waals surface area (Å²) in [5.41, 5.74) is 1.47. The van der Waals surface area contributed by atoms with Crippen molar-refractivity contribution in [2.45, 2.75) is 25.4 Å². The third-order valence-corrected chi connectivity index (χ3v) is 4.20. The molecule has 3 rings (SSSR count). The van der Waals surface area contributed by atoms with Gasteiger partial charge in [-0.15, -0.1) is 5.10 Å². The topological polar surface area (TPSA) is 97.1 Å². The number of hydrogen-bond donors (Lipinski definition) is 2. The van der Waals surface area contributed by atoms with Gasteiger partial charge in [0, 0.05) is 16.0 Å². The smallest absolute Gasteiger partial charge is 0.325 e. The van der Waals surface area contributed by atoms with E-state index >= 15 is 0 Å². The van der Waals surface area contributed by atoms with E-state index in [-0.39, 0.29) is 30.8 Å². The van der Waals surface area contributed by atoms with Gasteiger partial charge in [0.2, 0.25) is 5.91 Å². The summed E-state index contributed by atoms with van der Waals surface area (Å²) in [6.45, 7) is -0.0564. The van der Waals surface area contributed by atoms with Crippen molar-refractivity contribution in [2.75, 3.05) is 0 Å². The molecule has 0 saturated heterocycles. The van der Waals surface area contributed by atoms with Crippen molar-refractivity contribution < 1.29 is 14.7 Å². The Morgan fingerprint density at radius 2 is 2.00 bits per heavy atom. The molecular formula is C15H14Cl2N4O3. The number of hydrogen-bond acceptors (Lipinski definition) is 4. The van der Waals surface area contributed by atoms with Crippen LogP contribution < -0.4 is 5.32 Å². The van der Waals surface area contributed by atoms with E-state index in [9.17, 15) is 9.59 Å². The van der Waals surface area contributed by atoms with Gasteiger partial charge in [0.25, 0.3) is 0 Å². The molecular weight excluding hydrogens is 355 g/mol. The second-order valence-electron chi connectivity index (χ2n) is 5.67. The number of aromatic nitrogens is 3. The fourth-order valence-corrected chi connectivity index (χ4v) is 3.13. The first-order valence-corrected chi connectivity index (χ1v) is 8.02. The monoisotopic (exact) mass is 368 g/mol. The molecule has 0 bridgehead atoms. The normalized spacial score (nSPS) is 19.1. The molecule has 24 heavy (non-hydrogen) atoms. The number of aliphatic carboxylic acids is 1. The van der Waals surface area contributed by atoms with E-state index in [0.29, 0.717) is 15.7 Å². The largest absolute Gasteiger partial charge is 0.480 e. The molecule has 2 unspecified atom stereocenters. The number of carboxylic acids is 1. The van der Waals surface area contributed by atoms with Crippen molar-refractivity contribution in [3.8, 4) is 0 Å². The number of halogens is 2. The molecule has 1 saturated carbocycles. The molecule has 1 heterocycles. The second kappa shape index (κ2) is 6.78. The molecule has 1 amide bonds. The Hall–Kier alpha value is -2.12. The lowest BCUT2D eigenvalue weighted by molar-refractivity contribution is -0.138. The molecule has 2 N–H and O–H groups in total. The maximum Gasteiger partial charge on any atom is 0.325 e. The number of carboxylic acid groups (broad SMARTS) is 1. The minimum Gasteiger partial charge on any atom is -0.480 e. The molecule has 2 aromatic rings. The lowest BCUT2D eigenvalue weighted by Gasteiger charge is -2.04. The van der Waals surface area contributed by atoms with E-state index in [4.69, 9.17) is 28.3 Å². The Morgan fingerprint density at radius 3 is 2.67 bits per heavy atom. The van der Waals surface area contributed by atoms with Crippen molar-refractivity contribution in [2.24, 2.45) is 5.92 Å². The number of nitrogens with zero attached hydrogens (tertiary/aromatic N) is 3. The lowest BCUT2D eigenvalue weighted by atomic mass is 10.1. The van der Waals surface area contributed by atoms with Gasteiger partial charge < -0.3 is 10.4 Å². The Balaban J connectivity index is 1.53. The number of carbonyl (C=O) groups is 2. The highest BCUT2D eigenvalue weighted by Crippen LogP contribution is 2.48. The zero-order valence-corrected chi connectivity index (χ0v) is 14.0. The average Bonchev–Trinajstić information content (AvgIpc) is 3.18. The predicted octanol–water partition coefficient (Wildman–Crippen LogP) is 2.09. The molecule has 1 aromatic heterocycles. The highest BCUT2D eigenvalue weighted by atomic mass is 35.5. The van der Waals surface area contributed by atoms with E-state index in [1.165, 1.54) is 10.9 Å². The molecule has 1 aliphatic carbocycles. The van der Waals surface area contributed by atoms with Crippen LogP contribution in [-0.4, -0.2) is 32.0 Å². The minimum absolute atomic E-state index is 0.0797. The van der Waals surface area contributed by atoms with Crippen LogP contribution in [0.1, 0.15) is 23.6 Å². The van der Waals surface area contributed by atoms with Gasteiger partial charge in [-0.1, -0.05) is 28.4 Å². The third-order valence-electron chi connectivity index (χ3n) is 3.77. The van der Waals surface area contributed by atoms with E-state index in [1.807, 2.05) is 12.1 Å². The SMILES string of the molecule is O=C(O)Cn1cc(CNC(=O)C2CC2c2cc(Cl)cc(Cl)c2)nn1. The highest BCUT2D eigenvalue weighted by Gasteiger charge is 2.44. The van der Waals surface area contributed by atoms with Gasteiger partial charge in [-0.25, -0.2) is 4.68 Å². The molecule has 1 aromatic carbocycles. The van der Waals surface area contributed by atoms with Crippen LogP contribution in [0.3, 0.4) is 0 Å². The van der Waals surface area contributed by atoms with Gasteiger partial charge in [0.1, 0.15) is 12.2 Å². The summed E-state index contributed by atoms with van der Waals surface area (Å²) in [4.78, 5) is 22.8. The van der Waals surface area contributed by atoms with Crippen LogP contribution in [0.2, 0.25) is 10.0 Å². The summed E-state index contributed by atoms with van der Waals surface area (Å²) in [5, 5.41) is 20.1. The van der Waals surface area contributed by atoms with Crippen LogP contribution in [0.15, 0.2) is 24.4 Å². The predicted molar refractivity (Wildman–Crippen MR) is 86.8 cm³/mol. The maximum atomic E-state index is 12.2. The third kappa shape index (κ3) is 4.04. The number of benzene rings is 1. The van der Waals surface area contributed by atoms with Gasteiger partial charge in [-0.3, -0.25) is 9.59 Å². The zero-order chi connectivity index (χ0) is 17.3. The summed E-state index contributed by atoms with van der Waals surface area (Å²) in [7, 11) is 0. The van der Waals surface area contributed by atoms with Gasteiger partial charge in [-0.2, -0.15) is 0 Å². The first kappa shape index (κ1) is 16.7. The summed E-state index contributed by atoms with van der Waals surface area (Å²) in [5.74, 6) is -1.09. The molecule has 0 spiro atoms. The van der Waals surface area contributed by atoms with E-state index < -0.39 is 5.97 Å². The van der Waals surface area contributed by atoms with Crippen LogP contribution in [0.25, 0.3) is 0 Å². The molecule has 2 atom stereocenters. The van der Waals surface area contributed by atoms with Gasteiger partial charge in [-0.05, 0) is 36.1 Å². The first-order chi connectivity index (χ1) is 11.4.